The first-order chi connectivity index (χ1) is 44.7. The summed E-state index contributed by atoms with van der Waals surface area (Å²) in [5.74, 6) is -13.5. The van der Waals surface area contributed by atoms with E-state index in [4.69, 9.17) is 24.7 Å². The Morgan fingerprint density at radius 1 is 0.510 bits per heavy atom. The van der Waals surface area contributed by atoms with Crippen molar-refractivity contribution in [1.82, 2.24) is 57.7 Å². The highest BCUT2D eigenvalue weighted by Crippen LogP contribution is 2.29. The molecule has 39 heteroatoms. The number of amides is 11. The number of nitrogens with one attached hydrogen (secondary N) is 9. The number of aliphatic hydroxyl groups is 10. The van der Waals surface area contributed by atoms with Gasteiger partial charge >= 0.3 is 5.97 Å². The molecule has 0 spiro atoms. The highest BCUT2D eigenvalue weighted by Gasteiger charge is 2.51. The fourth-order valence-corrected chi connectivity index (χ4v) is 11.1. The summed E-state index contributed by atoms with van der Waals surface area (Å²) in [6, 6.07) is -18.2. The Labute approximate surface area is 551 Å². The summed E-state index contributed by atoms with van der Waals surface area (Å²) < 4.78 is 23.4. The first kappa shape index (κ1) is 81.5. The summed E-state index contributed by atoms with van der Waals surface area (Å²) in [5.41, 5.74) is 5.65. The van der Waals surface area contributed by atoms with E-state index < -0.39 is 249 Å². The number of carbonyl (C=O) groups is 12. The van der Waals surface area contributed by atoms with Gasteiger partial charge in [0.2, 0.25) is 65.0 Å². The van der Waals surface area contributed by atoms with Crippen LogP contribution in [-0.4, -0.2) is 322 Å². The van der Waals surface area contributed by atoms with Crippen molar-refractivity contribution in [1.29, 1.82) is 0 Å². The average Bonchev–Trinajstić information content (AvgIpc) is 1.13. The van der Waals surface area contributed by atoms with Crippen LogP contribution >= 0.6 is 0 Å². The number of carboxylic acid groups (broad SMARTS) is 1. The Kier molecular flexibility index (Phi) is 31.0. The van der Waals surface area contributed by atoms with Crippen LogP contribution in [0.2, 0.25) is 0 Å². The van der Waals surface area contributed by atoms with Crippen molar-refractivity contribution in [3.05, 3.63) is 0 Å². The van der Waals surface area contributed by atoms with Crippen molar-refractivity contribution in [2.24, 2.45) is 11.7 Å². The lowest BCUT2D eigenvalue weighted by Crippen LogP contribution is -2.67. The Balaban J connectivity index is 1.52. The first-order valence-corrected chi connectivity index (χ1v) is 31.3. The largest absolute Gasteiger partial charge is 0.480 e. The molecule has 4 aliphatic heterocycles. The summed E-state index contributed by atoms with van der Waals surface area (Å²) in [6.07, 6.45) is -23.3. The number of carbonyl (C=O) groups excluding carboxylic acids is 11. The molecule has 0 saturated carbocycles. The molecule has 96 heavy (non-hydrogen) atoms. The molecular weight excluding hydrogens is 1280 g/mol. The highest BCUT2D eigenvalue weighted by molar-refractivity contribution is 5.99. The van der Waals surface area contributed by atoms with Crippen LogP contribution in [0.15, 0.2) is 0 Å². The monoisotopic (exact) mass is 1380 g/mol. The molecule has 0 unspecified atom stereocenters. The van der Waals surface area contributed by atoms with E-state index in [1.165, 1.54) is 27.7 Å². The topological polar surface area (TPSA) is 605 Å². The van der Waals surface area contributed by atoms with Crippen molar-refractivity contribution in [2.45, 2.75) is 247 Å². The van der Waals surface area contributed by atoms with Gasteiger partial charge in [0, 0.05) is 26.9 Å². The van der Waals surface area contributed by atoms with Crippen LogP contribution in [0.5, 0.6) is 0 Å². The minimum absolute atomic E-state index is 0.0486. The van der Waals surface area contributed by atoms with Crippen molar-refractivity contribution in [3.8, 4) is 0 Å². The minimum atomic E-state index is -1.95. The van der Waals surface area contributed by atoms with Crippen LogP contribution in [0.1, 0.15) is 94.9 Å². The lowest BCUT2D eigenvalue weighted by Gasteiger charge is -2.45. The lowest BCUT2D eigenvalue weighted by molar-refractivity contribution is -0.308. The third kappa shape index (κ3) is 21.5. The number of hydrogen-bond acceptors (Lipinski definition) is 27. The molecule has 0 radical (unpaired) electrons. The maximum absolute atomic E-state index is 14.5. The summed E-state index contributed by atoms with van der Waals surface area (Å²) in [6.45, 7) is 9.11. The predicted molar refractivity (Wildman–Crippen MR) is 323 cm³/mol. The maximum atomic E-state index is 14.5. The number of carboxylic acids is 1. The molecule has 39 nitrogen and oxygen atoms in total. The summed E-state index contributed by atoms with van der Waals surface area (Å²) in [4.78, 5) is 163. The van der Waals surface area contributed by atoms with Crippen LogP contribution in [0, 0.1) is 5.92 Å². The summed E-state index contributed by atoms with van der Waals surface area (Å²) in [7, 11) is 0. The Hall–Kier alpha value is -6.96. The van der Waals surface area contributed by atoms with Crippen molar-refractivity contribution in [2.75, 3.05) is 32.8 Å². The van der Waals surface area contributed by atoms with Gasteiger partial charge in [-0.2, -0.15) is 0 Å². The normalized spacial score (nSPS) is 28.4. The van der Waals surface area contributed by atoms with Crippen LogP contribution in [0.25, 0.3) is 0 Å². The van der Waals surface area contributed by atoms with E-state index in [2.05, 4.69) is 47.9 Å². The second-order valence-electron chi connectivity index (χ2n) is 24.7. The minimum Gasteiger partial charge on any atom is -0.480 e. The Morgan fingerprint density at radius 3 is 1.33 bits per heavy atom. The van der Waals surface area contributed by atoms with Crippen LogP contribution in [0.4, 0.5) is 0 Å². The smallest absolute Gasteiger partial charge is 0.322 e. The molecule has 11 amide bonds. The van der Waals surface area contributed by atoms with E-state index in [1.807, 2.05) is 0 Å². The first-order valence-electron chi connectivity index (χ1n) is 31.3. The van der Waals surface area contributed by atoms with Gasteiger partial charge in [0.05, 0.1) is 49.8 Å². The van der Waals surface area contributed by atoms with E-state index in [-0.39, 0.29) is 38.8 Å². The molecule has 0 aliphatic carbocycles. The number of nitrogens with zero attached hydrogens (tertiary/aromatic N) is 2. The van der Waals surface area contributed by atoms with Crippen molar-refractivity contribution < 1.29 is 133 Å². The average molecular weight is 1380 g/mol. The van der Waals surface area contributed by atoms with E-state index in [9.17, 15) is 114 Å². The van der Waals surface area contributed by atoms with Crippen LogP contribution in [-0.2, 0) is 76.5 Å². The SMILES string of the molecule is CC(=O)N[C@H]1[C@@H](O[C@H](C)[C@H](NC(=O)[C@@H]2CCCN2C(=O)[C@@H](NC(=O)[C@@H]2CCCN2C(=O)[C@@H](NC(=O)[C@@H](NC(=O)[C@@H](NC(=O)[C@@H](NC(=O)[C@@H](N)[C@@H](C)O)[C@@H](C)O)[C@@H](C)O)C(C)C)[C@@H](C)O)[C@@H](C)O)C(=O)NCC(=O)O)O[C@H](CO[C@@H]2O[C@H](CO)[C@@H](O)[C@H](O)[C@H]2NC(C)=O)[C@H](O)[C@@H]1O. The molecule has 25 atom stereocenters. The molecule has 4 saturated heterocycles. The van der Waals surface area contributed by atoms with Gasteiger partial charge in [-0.05, 0) is 73.1 Å². The predicted octanol–water partition coefficient (Wildman–Crippen LogP) is -11.7. The number of nitrogens with two attached hydrogens (primary N) is 1. The molecule has 546 valence electrons. The molecule has 0 aromatic carbocycles. The zero-order valence-corrected chi connectivity index (χ0v) is 54.8. The third-order valence-electron chi connectivity index (χ3n) is 16.5. The molecule has 4 fully saturated rings. The van der Waals surface area contributed by atoms with E-state index in [0.717, 1.165) is 51.3 Å². The van der Waals surface area contributed by atoms with E-state index >= 15 is 0 Å². The lowest BCUT2D eigenvalue weighted by atomic mass is 9.96. The third-order valence-corrected chi connectivity index (χ3v) is 16.5. The van der Waals surface area contributed by atoms with Crippen molar-refractivity contribution >= 4 is 70.9 Å². The highest BCUT2D eigenvalue weighted by atomic mass is 16.7. The molecule has 4 heterocycles. The molecule has 22 N–H and O–H groups in total. The van der Waals surface area contributed by atoms with Gasteiger partial charge in [0.15, 0.2) is 12.6 Å². The van der Waals surface area contributed by atoms with Gasteiger partial charge in [0.1, 0.15) is 110 Å². The quantitative estimate of drug-likeness (QED) is 0.0297. The van der Waals surface area contributed by atoms with Gasteiger partial charge in [-0.25, -0.2) is 0 Å². The fourth-order valence-electron chi connectivity index (χ4n) is 11.1. The molecular formula is C57H96N12O27. The number of likely N-dealkylation sites (tertiary alicyclic amines) is 2. The van der Waals surface area contributed by atoms with Gasteiger partial charge in [-0.15, -0.1) is 0 Å². The zero-order chi connectivity index (χ0) is 72.7. The maximum Gasteiger partial charge on any atom is 0.322 e. The summed E-state index contributed by atoms with van der Waals surface area (Å²) >= 11 is 0. The number of hydrogen-bond donors (Lipinski definition) is 21. The zero-order valence-electron chi connectivity index (χ0n) is 54.8. The Morgan fingerprint density at radius 2 is 0.906 bits per heavy atom. The van der Waals surface area contributed by atoms with E-state index in [1.54, 1.807) is 0 Å². The number of aliphatic hydroxyl groups excluding tert-OH is 10. The molecule has 4 rings (SSSR count). The van der Waals surface area contributed by atoms with Gasteiger partial charge in [-0.1, -0.05) is 13.8 Å². The fraction of sp³-hybridized carbons (Fsp3) is 0.789. The molecule has 0 aromatic rings. The summed E-state index contributed by atoms with van der Waals surface area (Å²) in [5, 5.41) is 137. The number of aliphatic carboxylic acids is 1. The number of ether oxygens (including phenoxy) is 4. The van der Waals surface area contributed by atoms with Crippen molar-refractivity contribution in [3.63, 3.8) is 0 Å². The van der Waals surface area contributed by atoms with Gasteiger partial charge in [-0.3, -0.25) is 57.5 Å². The van der Waals surface area contributed by atoms with Gasteiger partial charge < -0.3 is 139 Å². The van der Waals surface area contributed by atoms with E-state index in [0.29, 0.717) is 0 Å². The molecule has 0 aromatic heterocycles. The standard InChI is InChI=1S/C57H96N12O27/c1-20(2)35(62-52(89)37(23(5)73)64-53(90)36(22(4)72)63-49(86)34(58)21(3)71)51(88)66-39(25(7)75)55(92)68-15-11-13-29(68)47(84)65-38(24(6)74)54(91)69-16-12-14-30(69)48(85)67-40(50(87)59-17-33(78)79)26(8)94-57-42(61-28(10)77)46(83)44(81)32(96-57)19-93-56-41(60-27(9)76)45(82)43(80)31(18-70)95-56/h20-26,29-32,34-46,56-57,70-75,80-83H,11-19,58H2,1-10H3,(H,59,87)(H,60,76)(H,61,77)(H,62,89)(H,63,86)(H,64,90)(H,65,84)(H,66,88)(H,67,85)(H,78,79)/t21-,22-,23-,24-,25-,26-,29+,30+,31-,32-,34+,35+,36+,37+,38+,39+,40+,41-,42-,43-,44+,45-,46-,56-,57+/m1/s1. The van der Waals surface area contributed by atoms with Gasteiger partial charge in [0.25, 0.3) is 0 Å². The number of rotatable bonds is 32. The second kappa shape index (κ2) is 36.6. The Bertz CT molecular complexity index is 2730. The molecule has 0 bridgehead atoms. The van der Waals surface area contributed by atoms with Crippen LogP contribution < -0.4 is 53.6 Å². The second-order valence-corrected chi connectivity index (χ2v) is 24.7. The van der Waals surface area contributed by atoms with Crippen LogP contribution in [0.3, 0.4) is 0 Å². The molecule has 4 aliphatic rings.